The summed E-state index contributed by atoms with van der Waals surface area (Å²) in [5, 5.41) is 0. The number of rotatable bonds is 7. The molecule has 0 N–H and O–H groups in total. The third-order valence-electron chi connectivity index (χ3n) is 7.04. The molecule has 3 aromatic rings. The quantitative estimate of drug-likeness (QED) is 0.509. The second-order valence-corrected chi connectivity index (χ2v) is 8.81. The van der Waals surface area contributed by atoms with Gasteiger partial charge in [-0.15, -0.1) is 0 Å². The van der Waals surface area contributed by atoms with Gasteiger partial charge in [0.05, 0.1) is 0 Å². The third-order valence-corrected chi connectivity index (χ3v) is 7.04. The lowest BCUT2D eigenvalue weighted by Gasteiger charge is -2.33. The molecule has 3 atom stereocenters. The highest BCUT2D eigenvalue weighted by atomic mass is 16.6. The molecule has 0 spiro atoms. The molecule has 1 saturated carbocycles. The van der Waals surface area contributed by atoms with Gasteiger partial charge in [-0.1, -0.05) is 91.0 Å². The number of carbonyl (C=O) groups is 1. The Labute approximate surface area is 189 Å². The minimum atomic E-state index is -1.28. The van der Waals surface area contributed by atoms with Crippen molar-refractivity contribution in [1.82, 2.24) is 4.90 Å². The second kappa shape index (κ2) is 8.89. The zero-order valence-electron chi connectivity index (χ0n) is 18.4. The molecule has 164 valence electrons. The number of carbonyl (C=O) groups excluding carboxylic acids is 1. The molecule has 4 heteroatoms. The minimum absolute atomic E-state index is 0.104. The smallest absolute Gasteiger partial charge is 0.348 e. The van der Waals surface area contributed by atoms with Gasteiger partial charge >= 0.3 is 5.97 Å². The first kappa shape index (κ1) is 20.9. The lowest BCUT2D eigenvalue weighted by Crippen LogP contribution is -2.44. The van der Waals surface area contributed by atoms with Crippen LogP contribution in [0.25, 0.3) is 0 Å². The standard InChI is InChI=1S/C28H29NO3/c1-31-28(23-13-7-3-8-14-23,24-15-9-4-10-16-24)27(30)32-26-22-17-18-25(26)29(20-22)19-21-11-5-2-6-12-21/h2-16,22,25-26H,17-20H2,1H3. The molecule has 2 fully saturated rings. The highest BCUT2D eigenvalue weighted by Gasteiger charge is 2.52. The van der Waals surface area contributed by atoms with E-state index in [9.17, 15) is 4.79 Å². The van der Waals surface area contributed by atoms with Crippen LogP contribution in [0.4, 0.5) is 0 Å². The molecule has 3 aromatic carbocycles. The largest absolute Gasteiger partial charge is 0.458 e. The molecular formula is C28H29NO3. The fourth-order valence-electron chi connectivity index (χ4n) is 5.50. The molecule has 3 unspecified atom stereocenters. The lowest BCUT2D eigenvalue weighted by atomic mass is 9.86. The highest BCUT2D eigenvalue weighted by molar-refractivity contribution is 5.86. The molecule has 1 saturated heterocycles. The van der Waals surface area contributed by atoms with Crippen LogP contribution < -0.4 is 0 Å². The maximum Gasteiger partial charge on any atom is 0.348 e. The fourth-order valence-corrected chi connectivity index (χ4v) is 5.50. The Morgan fingerprint density at radius 2 is 1.44 bits per heavy atom. The number of nitrogens with zero attached hydrogens (tertiary/aromatic N) is 1. The number of methoxy groups -OCH3 is 1. The Balaban J connectivity index is 1.42. The summed E-state index contributed by atoms with van der Waals surface area (Å²) in [7, 11) is 1.59. The molecule has 1 aliphatic heterocycles. The monoisotopic (exact) mass is 427 g/mol. The number of likely N-dealkylation sites (tertiary alicyclic amines) is 1. The van der Waals surface area contributed by atoms with Gasteiger partial charge in [0.15, 0.2) is 0 Å². The van der Waals surface area contributed by atoms with Crippen molar-refractivity contribution < 1.29 is 14.3 Å². The first-order valence-corrected chi connectivity index (χ1v) is 11.4. The molecule has 5 rings (SSSR count). The summed E-state index contributed by atoms with van der Waals surface area (Å²) in [6.07, 6.45) is 2.06. The summed E-state index contributed by atoms with van der Waals surface area (Å²) in [5.74, 6) is 0.0367. The van der Waals surface area contributed by atoms with Crippen molar-refractivity contribution in [2.45, 2.75) is 37.1 Å². The zero-order valence-corrected chi connectivity index (χ0v) is 18.4. The molecule has 4 nitrogen and oxygen atoms in total. The Morgan fingerprint density at radius 1 is 0.875 bits per heavy atom. The predicted molar refractivity (Wildman–Crippen MR) is 124 cm³/mol. The average Bonchev–Trinajstić information content (AvgIpc) is 3.38. The van der Waals surface area contributed by atoms with E-state index in [0.29, 0.717) is 5.92 Å². The summed E-state index contributed by atoms with van der Waals surface area (Å²) in [5.41, 5.74) is 1.58. The summed E-state index contributed by atoms with van der Waals surface area (Å²) >= 11 is 0. The van der Waals surface area contributed by atoms with Crippen molar-refractivity contribution in [2.24, 2.45) is 5.92 Å². The van der Waals surface area contributed by atoms with Gasteiger partial charge in [-0.2, -0.15) is 0 Å². The van der Waals surface area contributed by atoms with Crippen molar-refractivity contribution in [3.63, 3.8) is 0 Å². The lowest BCUT2D eigenvalue weighted by molar-refractivity contribution is -0.172. The van der Waals surface area contributed by atoms with E-state index in [4.69, 9.17) is 9.47 Å². The van der Waals surface area contributed by atoms with Crippen LogP contribution in [0.15, 0.2) is 91.0 Å². The van der Waals surface area contributed by atoms with Crippen LogP contribution in [-0.2, 0) is 26.4 Å². The van der Waals surface area contributed by atoms with Gasteiger partial charge in [-0.05, 0) is 29.5 Å². The van der Waals surface area contributed by atoms with E-state index < -0.39 is 5.60 Å². The normalized spacial score (nSPS) is 22.7. The van der Waals surface area contributed by atoms with Crippen molar-refractivity contribution >= 4 is 5.97 Å². The molecule has 0 radical (unpaired) electrons. The molecule has 0 aromatic heterocycles. The number of fused-ring (bicyclic) bond motifs is 2. The van der Waals surface area contributed by atoms with E-state index in [1.54, 1.807) is 7.11 Å². The van der Waals surface area contributed by atoms with Crippen LogP contribution in [0.1, 0.15) is 29.5 Å². The van der Waals surface area contributed by atoms with Crippen LogP contribution in [0.5, 0.6) is 0 Å². The summed E-state index contributed by atoms with van der Waals surface area (Å²) < 4.78 is 12.3. The van der Waals surface area contributed by atoms with Gasteiger partial charge in [-0.25, -0.2) is 4.79 Å². The number of hydrogen-bond donors (Lipinski definition) is 0. The summed E-state index contributed by atoms with van der Waals surface area (Å²) in [6, 6.07) is 30.1. The van der Waals surface area contributed by atoms with Crippen LogP contribution in [0.2, 0.25) is 0 Å². The van der Waals surface area contributed by atoms with Crippen LogP contribution in [0, 0.1) is 5.92 Å². The van der Waals surface area contributed by atoms with E-state index in [-0.39, 0.29) is 18.1 Å². The van der Waals surface area contributed by atoms with E-state index in [1.165, 1.54) is 5.56 Å². The van der Waals surface area contributed by atoms with E-state index >= 15 is 0 Å². The minimum Gasteiger partial charge on any atom is -0.458 e. The van der Waals surface area contributed by atoms with E-state index in [2.05, 4.69) is 29.2 Å². The van der Waals surface area contributed by atoms with Crippen LogP contribution in [0.3, 0.4) is 0 Å². The Hall–Kier alpha value is -2.95. The zero-order chi connectivity index (χ0) is 22.0. The number of benzene rings is 3. The highest BCUT2D eigenvalue weighted by Crippen LogP contribution is 2.43. The number of esters is 1. The van der Waals surface area contributed by atoms with Crippen LogP contribution in [-0.4, -0.2) is 36.7 Å². The molecule has 0 amide bonds. The van der Waals surface area contributed by atoms with Crippen molar-refractivity contribution in [1.29, 1.82) is 0 Å². The summed E-state index contributed by atoms with van der Waals surface area (Å²) in [4.78, 5) is 16.3. The topological polar surface area (TPSA) is 38.8 Å². The predicted octanol–water partition coefficient (Wildman–Crippen LogP) is 4.78. The van der Waals surface area contributed by atoms with E-state index in [1.807, 2.05) is 66.7 Å². The number of hydrogen-bond acceptors (Lipinski definition) is 4. The first-order chi connectivity index (χ1) is 15.7. The van der Waals surface area contributed by atoms with Gasteiger partial charge < -0.3 is 9.47 Å². The molecular weight excluding hydrogens is 398 g/mol. The third kappa shape index (κ3) is 3.64. The van der Waals surface area contributed by atoms with Crippen molar-refractivity contribution in [3.05, 3.63) is 108 Å². The second-order valence-electron chi connectivity index (χ2n) is 8.81. The van der Waals surface area contributed by atoms with Gasteiger partial charge in [0, 0.05) is 32.2 Å². The molecule has 2 aliphatic rings. The maximum atomic E-state index is 13.9. The van der Waals surface area contributed by atoms with Gasteiger partial charge in [0.2, 0.25) is 5.60 Å². The Kier molecular flexibility index (Phi) is 5.81. The first-order valence-electron chi connectivity index (χ1n) is 11.4. The SMILES string of the molecule is COC(C(=O)OC1C2CCC1N(Cc1ccccc1)C2)(c1ccccc1)c1ccccc1. The molecule has 1 heterocycles. The molecule has 2 bridgehead atoms. The number of ether oxygens (including phenoxy) is 2. The molecule has 32 heavy (non-hydrogen) atoms. The van der Waals surface area contributed by atoms with Gasteiger partial charge in [-0.3, -0.25) is 4.90 Å². The average molecular weight is 428 g/mol. The molecule has 1 aliphatic carbocycles. The van der Waals surface area contributed by atoms with Gasteiger partial charge in [0.25, 0.3) is 0 Å². The summed E-state index contributed by atoms with van der Waals surface area (Å²) in [6.45, 7) is 1.86. The number of piperidine rings is 1. The Bertz CT molecular complexity index is 999. The van der Waals surface area contributed by atoms with Crippen molar-refractivity contribution in [3.8, 4) is 0 Å². The van der Waals surface area contributed by atoms with Crippen LogP contribution >= 0.6 is 0 Å². The van der Waals surface area contributed by atoms with Gasteiger partial charge in [0.1, 0.15) is 6.10 Å². The van der Waals surface area contributed by atoms with Crippen molar-refractivity contribution in [2.75, 3.05) is 13.7 Å². The fraction of sp³-hybridized carbons (Fsp3) is 0.321. The Morgan fingerprint density at radius 3 is 2.00 bits per heavy atom. The van der Waals surface area contributed by atoms with E-state index in [0.717, 1.165) is 37.1 Å². The maximum absolute atomic E-state index is 13.9.